The van der Waals surface area contributed by atoms with Gasteiger partial charge in [-0.05, 0) is 74.5 Å². The van der Waals surface area contributed by atoms with Crippen molar-refractivity contribution in [1.82, 2.24) is 5.32 Å². The quantitative estimate of drug-likeness (QED) is 0.778. The normalized spacial score (nSPS) is 54.8. The molecule has 5 saturated carbocycles. The van der Waals surface area contributed by atoms with Crippen molar-refractivity contribution < 1.29 is 0 Å². The summed E-state index contributed by atoms with van der Waals surface area (Å²) in [6.07, 6.45) is 13.7. The number of rotatable bonds is 2. The summed E-state index contributed by atoms with van der Waals surface area (Å²) in [4.78, 5) is 0. The lowest BCUT2D eigenvalue weighted by molar-refractivity contribution is -0.0217. The minimum Gasteiger partial charge on any atom is -0.310 e. The minimum absolute atomic E-state index is 0.848. The molecule has 0 aromatic heterocycles. The molecule has 2 unspecified atom stereocenters. The molecule has 0 heterocycles. The molecule has 0 saturated heterocycles. The fourth-order valence-electron chi connectivity index (χ4n) is 6.01. The Kier molecular flexibility index (Phi) is 2.94. The SMILES string of the molecule is CC1CCCCC1NC1C2CC3CC(C2)CC1C3. The highest BCUT2D eigenvalue weighted by Crippen LogP contribution is 2.54. The molecule has 0 aliphatic heterocycles. The van der Waals surface area contributed by atoms with Crippen molar-refractivity contribution >= 4 is 0 Å². The van der Waals surface area contributed by atoms with Gasteiger partial charge in [-0.15, -0.1) is 0 Å². The van der Waals surface area contributed by atoms with Crippen molar-refractivity contribution in [3.8, 4) is 0 Å². The Morgan fingerprint density at radius 2 is 1.39 bits per heavy atom. The Bertz CT molecular complexity index is 283. The molecule has 4 bridgehead atoms. The molecule has 0 amide bonds. The van der Waals surface area contributed by atoms with Gasteiger partial charge in [-0.3, -0.25) is 0 Å². The van der Waals surface area contributed by atoms with E-state index in [4.69, 9.17) is 0 Å². The first-order valence-electron chi connectivity index (χ1n) is 8.55. The van der Waals surface area contributed by atoms with Crippen molar-refractivity contribution in [3.05, 3.63) is 0 Å². The van der Waals surface area contributed by atoms with E-state index in [-0.39, 0.29) is 0 Å². The van der Waals surface area contributed by atoms with Crippen LogP contribution in [-0.2, 0) is 0 Å². The van der Waals surface area contributed by atoms with Gasteiger partial charge in [-0.25, -0.2) is 0 Å². The Morgan fingerprint density at radius 3 is 2.00 bits per heavy atom. The van der Waals surface area contributed by atoms with Crippen LogP contribution >= 0.6 is 0 Å². The molecule has 0 spiro atoms. The van der Waals surface area contributed by atoms with Gasteiger partial charge in [-0.2, -0.15) is 0 Å². The van der Waals surface area contributed by atoms with Gasteiger partial charge in [0.05, 0.1) is 0 Å². The lowest BCUT2D eigenvalue weighted by Crippen LogP contribution is -2.58. The van der Waals surface area contributed by atoms with Crippen LogP contribution in [0.5, 0.6) is 0 Å². The third kappa shape index (κ3) is 1.94. The summed E-state index contributed by atoms with van der Waals surface area (Å²) in [6.45, 7) is 2.48. The van der Waals surface area contributed by atoms with E-state index in [0.29, 0.717) is 0 Å². The van der Waals surface area contributed by atoms with E-state index in [1.807, 2.05) is 0 Å². The maximum atomic E-state index is 4.15. The summed E-state index contributed by atoms with van der Waals surface area (Å²) >= 11 is 0. The van der Waals surface area contributed by atoms with E-state index in [9.17, 15) is 0 Å². The van der Waals surface area contributed by atoms with E-state index < -0.39 is 0 Å². The monoisotopic (exact) mass is 247 g/mol. The van der Waals surface area contributed by atoms with Crippen LogP contribution in [0.15, 0.2) is 0 Å². The summed E-state index contributed by atoms with van der Waals surface area (Å²) in [6, 6.07) is 1.75. The minimum atomic E-state index is 0.848. The van der Waals surface area contributed by atoms with Crippen LogP contribution in [-0.4, -0.2) is 12.1 Å². The van der Waals surface area contributed by atoms with Gasteiger partial charge >= 0.3 is 0 Å². The lowest BCUT2D eigenvalue weighted by Gasteiger charge is -2.55. The molecule has 5 aliphatic rings. The lowest BCUT2D eigenvalue weighted by atomic mass is 9.54. The molecule has 5 fully saturated rings. The molecule has 1 nitrogen and oxygen atoms in total. The fraction of sp³-hybridized carbons (Fsp3) is 1.00. The van der Waals surface area contributed by atoms with E-state index >= 15 is 0 Å². The molecule has 102 valence electrons. The second-order valence-electron chi connectivity index (χ2n) is 7.99. The second kappa shape index (κ2) is 4.51. The summed E-state index contributed by atoms with van der Waals surface area (Å²) in [5, 5.41) is 4.15. The maximum absolute atomic E-state index is 4.15. The third-order valence-corrected chi connectivity index (χ3v) is 6.74. The van der Waals surface area contributed by atoms with Gasteiger partial charge in [0.25, 0.3) is 0 Å². The molecule has 18 heavy (non-hydrogen) atoms. The molecule has 1 heteroatoms. The highest BCUT2D eigenvalue weighted by molar-refractivity contribution is 5.02. The van der Waals surface area contributed by atoms with E-state index in [0.717, 1.165) is 41.7 Å². The average molecular weight is 247 g/mol. The molecule has 0 aromatic rings. The van der Waals surface area contributed by atoms with Gasteiger partial charge in [0.15, 0.2) is 0 Å². The Labute approximate surface area is 112 Å². The first-order valence-corrected chi connectivity index (χ1v) is 8.55. The van der Waals surface area contributed by atoms with Gasteiger partial charge in [0.2, 0.25) is 0 Å². The number of hydrogen-bond acceptors (Lipinski definition) is 1. The second-order valence-corrected chi connectivity index (χ2v) is 7.99. The van der Waals surface area contributed by atoms with Gasteiger partial charge in [0, 0.05) is 12.1 Å². The van der Waals surface area contributed by atoms with Crippen LogP contribution in [0.2, 0.25) is 0 Å². The summed E-state index contributed by atoms with van der Waals surface area (Å²) in [7, 11) is 0. The van der Waals surface area contributed by atoms with Gasteiger partial charge in [-0.1, -0.05) is 19.8 Å². The van der Waals surface area contributed by atoms with Crippen LogP contribution < -0.4 is 5.32 Å². The van der Waals surface area contributed by atoms with Crippen molar-refractivity contribution in [2.75, 3.05) is 0 Å². The summed E-state index contributed by atoms with van der Waals surface area (Å²) in [5.74, 6) is 5.27. The molecular weight excluding hydrogens is 218 g/mol. The zero-order chi connectivity index (χ0) is 12.1. The maximum Gasteiger partial charge on any atom is 0.0127 e. The van der Waals surface area contributed by atoms with Crippen LogP contribution in [0.25, 0.3) is 0 Å². The molecule has 0 radical (unpaired) electrons. The Hall–Kier alpha value is -0.0400. The average Bonchev–Trinajstić information content (AvgIpc) is 2.35. The highest BCUT2D eigenvalue weighted by atomic mass is 15.0. The number of hydrogen-bond donors (Lipinski definition) is 1. The zero-order valence-corrected chi connectivity index (χ0v) is 11.9. The van der Waals surface area contributed by atoms with Gasteiger partial charge < -0.3 is 5.32 Å². The van der Waals surface area contributed by atoms with Crippen LogP contribution in [0.4, 0.5) is 0 Å². The predicted octanol–water partition coefficient (Wildman–Crippen LogP) is 3.98. The molecule has 0 aromatic carbocycles. The van der Waals surface area contributed by atoms with Crippen molar-refractivity contribution in [3.63, 3.8) is 0 Å². The van der Waals surface area contributed by atoms with Crippen molar-refractivity contribution in [1.29, 1.82) is 0 Å². The first kappa shape index (κ1) is 11.8. The van der Waals surface area contributed by atoms with Crippen LogP contribution in [0, 0.1) is 29.6 Å². The first-order chi connectivity index (χ1) is 8.79. The summed E-state index contributed by atoms with van der Waals surface area (Å²) in [5.41, 5.74) is 0. The van der Waals surface area contributed by atoms with Crippen LogP contribution in [0.3, 0.4) is 0 Å². The van der Waals surface area contributed by atoms with E-state index in [1.54, 1.807) is 32.1 Å². The largest absolute Gasteiger partial charge is 0.310 e. The fourth-order valence-corrected chi connectivity index (χ4v) is 6.01. The zero-order valence-electron chi connectivity index (χ0n) is 11.9. The molecule has 1 N–H and O–H groups in total. The van der Waals surface area contributed by atoms with E-state index in [2.05, 4.69) is 12.2 Å². The van der Waals surface area contributed by atoms with Crippen molar-refractivity contribution in [2.24, 2.45) is 29.6 Å². The topological polar surface area (TPSA) is 12.0 Å². The predicted molar refractivity (Wildman–Crippen MR) is 75.4 cm³/mol. The Balaban J connectivity index is 1.45. The molecule has 5 aliphatic carbocycles. The van der Waals surface area contributed by atoms with Gasteiger partial charge in [0.1, 0.15) is 0 Å². The van der Waals surface area contributed by atoms with E-state index in [1.165, 1.54) is 25.7 Å². The van der Waals surface area contributed by atoms with Crippen LogP contribution in [0.1, 0.15) is 64.7 Å². The highest BCUT2D eigenvalue weighted by Gasteiger charge is 2.48. The molecular formula is C17H29N. The summed E-state index contributed by atoms with van der Waals surface area (Å²) < 4.78 is 0. The molecule has 2 atom stereocenters. The third-order valence-electron chi connectivity index (χ3n) is 6.74. The van der Waals surface area contributed by atoms with Crippen molar-refractivity contribution in [2.45, 2.75) is 76.8 Å². The molecule has 5 rings (SSSR count). The number of nitrogens with one attached hydrogen (secondary N) is 1. The Morgan fingerprint density at radius 1 is 0.778 bits per heavy atom. The standard InChI is InChI=1S/C17H29N/c1-11-4-2-3-5-16(11)18-17-14-7-12-6-13(9-14)10-15(17)8-12/h11-18H,2-10H2,1H3. The smallest absolute Gasteiger partial charge is 0.0127 e.